The molecule has 0 N–H and O–H groups in total. The van der Waals surface area contributed by atoms with Crippen LogP contribution in [0.25, 0.3) is 67.2 Å². The minimum atomic E-state index is -0.392. The van der Waals surface area contributed by atoms with Crippen molar-refractivity contribution < 1.29 is 8.78 Å². The number of aromatic nitrogens is 3. The summed E-state index contributed by atoms with van der Waals surface area (Å²) in [6, 6.07) is 43.4. The lowest BCUT2D eigenvalue weighted by atomic mass is 9.95. The minimum Gasteiger partial charge on any atom is -0.208 e. The van der Waals surface area contributed by atoms with E-state index in [0.29, 0.717) is 28.6 Å². The third-order valence-electron chi connectivity index (χ3n) is 7.24. The predicted molar refractivity (Wildman–Crippen MR) is 164 cm³/mol. The number of hydrogen-bond donors (Lipinski definition) is 0. The zero-order valence-corrected chi connectivity index (χ0v) is 22.4. The van der Waals surface area contributed by atoms with Crippen molar-refractivity contribution in [3.8, 4) is 56.4 Å². The maximum absolute atomic E-state index is 14.1. The van der Waals surface area contributed by atoms with Crippen molar-refractivity contribution in [3.63, 3.8) is 0 Å². The van der Waals surface area contributed by atoms with E-state index in [4.69, 9.17) is 0 Å². The minimum absolute atomic E-state index is 0.311. The van der Waals surface area contributed by atoms with Crippen LogP contribution >= 0.6 is 0 Å². The largest absolute Gasteiger partial charge is 0.208 e. The Bertz CT molecular complexity index is 2000. The highest BCUT2D eigenvalue weighted by Crippen LogP contribution is 2.33. The van der Waals surface area contributed by atoms with Gasteiger partial charge in [-0.25, -0.2) is 23.7 Å². The van der Waals surface area contributed by atoms with E-state index in [9.17, 15) is 8.78 Å². The molecule has 0 aliphatic heterocycles. The van der Waals surface area contributed by atoms with Gasteiger partial charge >= 0.3 is 0 Å². The molecule has 5 heteroatoms. The Labute approximate surface area is 241 Å². The van der Waals surface area contributed by atoms with Crippen LogP contribution in [-0.2, 0) is 0 Å². The first-order valence-corrected chi connectivity index (χ1v) is 13.6. The molecule has 7 aromatic rings. The number of halogens is 2. The van der Waals surface area contributed by atoms with Gasteiger partial charge < -0.3 is 0 Å². The molecule has 6 aromatic carbocycles. The Hall–Kier alpha value is -5.55. The molecule has 0 atom stereocenters. The standard InChI is InChI=1S/C37H23F2N3/c38-31-13-4-11-29(22-31)36-40-35(41-37(42-36)30-12-5-14-32(39)23-30)26-19-17-24(18-20-26)27-9-3-10-28(21-27)34-16-6-8-25-7-1-2-15-33(25)34/h1-23H. The zero-order chi connectivity index (χ0) is 28.5. The van der Waals surface area contributed by atoms with Crippen molar-refractivity contribution in [2.75, 3.05) is 0 Å². The molecule has 0 aliphatic rings. The topological polar surface area (TPSA) is 38.7 Å². The van der Waals surface area contributed by atoms with Gasteiger partial charge in [-0.3, -0.25) is 0 Å². The first kappa shape index (κ1) is 25.4. The molecule has 1 heterocycles. The average molecular weight is 548 g/mol. The molecule has 0 saturated heterocycles. The average Bonchev–Trinajstić information content (AvgIpc) is 3.04. The van der Waals surface area contributed by atoms with E-state index in [-0.39, 0.29) is 0 Å². The maximum atomic E-state index is 14.1. The van der Waals surface area contributed by atoms with Crippen LogP contribution < -0.4 is 0 Å². The fourth-order valence-electron chi connectivity index (χ4n) is 5.17. The molecule has 0 bridgehead atoms. The third kappa shape index (κ3) is 5.04. The fourth-order valence-corrected chi connectivity index (χ4v) is 5.17. The second-order valence-electron chi connectivity index (χ2n) is 10.0. The zero-order valence-electron chi connectivity index (χ0n) is 22.4. The monoisotopic (exact) mass is 547 g/mol. The van der Waals surface area contributed by atoms with Gasteiger partial charge in [0.1, 0.15) is 11.6 Å². The van der Waals surface area contributed by atoms with Crippen LogP contribution in [0.15, 0.2) is 140 Å². The summed E-state index contributed by atoms with van der Waals surface area (Å²) in [6.45, 7) is 0. The van der Waals surface area contributed by atoms with Crippen molar-refractivity contribution in [2.45, 2.75) is 0 Å². The summed E-state index contributed by atoms with van der Waals surface area (Å²) in [5.41, 5.74) is 6.25. The lowest BCUT2D eigenvalue weighted by Crippen LogP contribution is -2.00. The molecule has 0 amide bonds. The Balaban J connectivity index is 1.28. The maximum Gasteiger partial charge on any atom is 0.164 e. The normalized spacial score (nSPS) is 11.1. The van der Waals surface area contributed by atoms with Gasteiger partial charge in [-0.15, -0.1) is 0 Å². The van der Waals surface area contributed by atoms with Crippen LogP contribution in [-0.4, -0.2) is 15.0 Å². The Morgan fingerprint density at radius 2 is 0.857 bits per heavy atom. The van der Waals surface area contributed by atoms with Crippen LogP contribution in [0.4, 0.5) is 8.78 Å². The predicted octanol–water partition coefficient (Wildman–Crippen LogP) is 9.64. The summed E-state index contributed by atoms with van der Waals surface area (Å²) >= 11 is 0. The number of rotatable bonds is 5. The quantitative estimate of drug-likeness (QED) is 0.215. The summed E-state index contributed by atoms with van der Waals surface area (Å²) in [7, 11) is 0. The van der Waals surface area contributed by atoms with Gasteiger partial charge in [-0.2, -0.15) is 0 Å². The van der Waals surface area contributed by atoms with E-state index >= 15 is 0 Å². The Morgan fingerprint density at radius 1 is 0.357 bits per heavy atom. The van der Waals surface area contributed by atoms with Gasteiger partial charge in [-0.1, -0.05) is 109 Å². The van der Waals surface area contributed by atoms with Gasteiger partial charge in [-0.05, 0) is 63.4 Å². The van der Waals surface area contributed by atoms with E-state index in [1.165, 1.54) is 40.6 Å². The molecule has 200 valence electrons. The summed E-state index contributed by atoms with van der Waals surface area (Å²) < 4.78 is 28.1. The van der Waals surface area contributed by atoms with Crippen LogP contribution in [0.3, 0.4) is 0 Å². The number of benzene rings is 6. The van der Waals surface area contributed by atoms with Gasteiger partial charge in [0.25, 0.3) is 0 Å². The highest BCUT2D eigenvalue weighted by Gasteiger charge is 2.14. The SMILES string of the molecule is Fc1cccc(-c2nc(-c3ccc(-c4cccc(-c5cccc6ccccc56)c4)cc3)nc(-c3cccc(F)c3)n2)c1. The molecule has 0 saturated carbocycles. The molecule has 7 rings (SSSR count). The van der Waals surface area contributed by atoms with Crippen molar-refractivity contribution in [2.24, 2.45) is 0 Å². The second-order valence-corrected chi connectivity index (χ2v) is 10.0. The molecule has 0 unspecified atom stereocenters. The van der Waals surface area contributed by atoms with Crippen LogP contribution in [0.5, 0.6) is 0 Å². The molecule has 42 heavy (non-hydrogen) atoms. The summed E-state index contributed by atoms with van der Waals surface area (Å²) in [4.78, 5) is 13.9. The molecule has 0 spiro atoms. The third-order valence-corrected chi connectivity index (χ3v) is 7.24. The van der Waals surface area contributed by atoms with Gasteiger partial charge in [0.15, 0.2) is 17.5 Å². The van der Waals surface area contributed by atoms with Crippen molar-refractivity contribution in [3.05, 3.63) is 151 Å². The number of nitrogens with zero attached hydrogens (tertiary/aromatic N) is 3. The lowest BCUT2D eigenvalue weighted by Gasteiger charge is -2.11. The molecule has 0 fully saturated rings. The van der Waals surface area contributed by atoms with Crippen molar-refractivity contribution in [1.82, 2.24) is 15.0 Å². The van der Waals surface area contributed by atoms with Crippen molar-refractivity contribution in [1.29, 1.82) is 0 Å². The van der Waals surface area contributed by atoms with Crippen LogP contribution in [0, 0.1) is 11.6 Å². The number of fused-ring (bicyclic) bond motifs is 1. The van der Waals surface area contributed by atoms with E-state index < -0.39 is 11.6 Å². The second kappa shape index (κ2) is 10.8. The van der Waals surface area contributed by atoms with Crippen LogP contribution in [0.2, 0.25) is 0 Å². The molecular weight excluding hydrogens is 524 g/mol. The van der Waals surface area contributed by atoms with E-state index in [2.05, 4.69) is 81.7 Å². The Kier molecular flexibility index (Phi) is 6.53. The first-order chi connectivity index (χ1) is 20.6. The summed E-state index contributed by atoms with van der Waals surface area (Å²) in [5, 5.41) is 2.42. The summed E-state index contributed by atoms with van der Waals surface area (Å²) in [5.74, 6) is 0.254. The van der Waals surface area contributed by atoms with Gasteiger partial charge in [0.2, 0.25) is 0 Å². The smallest absolute Gasteiger partial charge is 0.164 e. The van der Waals surface area contributed by atoms with Crippen LogP contribution in [0.1, 0.15) is 0 Å². The molecular formula is C37H23F2N3. The molecule has 0 aliphatic carbocycles. The van der Waals surface area contributed by atoms with E-state index in [1.807, 2.05) is 24.3 Å². The fraction of sp³-hybridized carbons (Fsp3) is 0. The number of hydrogen-bond acceptors (Lipinski definition) is 3. The highest BCUT2D eigenvalue weighted by molar-refractivity contribution is 5.97. The van der Waals surface area contributed by atoms with E-state index in [0.717, 1.165) is 22.3 Å². The Morgan fingerprint density at radius 3 is 1.52 bits per heavy atom. The molecule has 1 aromatic heterocycles. The first-order valence-electron chi connectivity index (χ1n) is 13.6. The highest BCUT2D eigenvalue weighted by atomic mass is 19.1. The summed E-state index contributed by atoms with van der Waals surface area (Å²) in [6.07, 6.45) is 0. The molecule has 0 radical (unpaired) electrons. The molecule has 3 nitrogen and oxygen atoms in total. The van der Waals surface area contributed by atoms with E-state index in [1.54, 1.807) is 24.3 Å². The van der Waals surface area contributed by atoms with Crippen molar-refractivity contribution >= 4 is 10.8 Å². The lowest BCUT2D eigenvalue weighted by molar-refractivity contribution is 0.628. The van der Waals surface area contributed by atoms with Gasteiger partial charge in [0, 0.05) is 16.7 Å². The van der Waals surface area contributed by atoms with Gasteiger partial charge in [0.05, 0.1) is 0 Å².